The predicted molar refractivity (Wildman–Crippen MR) is 51.7 cm³/mol. The Kier molecular flexibility index (Phi) is 3.28. The van der Waals surface area contributed by atoms with Gasteiger partial charge in [0.15, 0.2) is 0 Å². The standard InChI is InChI=1S/C9H13FN2O3/c1-5(10)6(2)12-8(13)7(4-11-12)9(14)15-3/h4-6,11H,1-3H3/t5-,6?/m0/s1. The maximum atomic E-state index is 13.0. The Bertz CT molecular complexity index is 408. The first kappa shape index (κ1) is 11.5. The quantitative estimate of drug-likeness (QED) is 0.763. The molecule has 6 heteroatoms. The molecule has 0 radical (unpaired) electrons. The van der Waals surface area contributed by atoms with Crippen molar-refractivity contribution >= 4 is 5.97 Å². The van der Waals surface area contributed by atoms with Crippen molar-refractivity contribution in [2.75, 3.05) is 7.11 Å². The topological polar surface area (TPSA) is 64.1 Å². The van der Waals surface area contributed by atoms with Crippen LogP contribution in [0.5, 0.6) is 0 Å². The molecule has 0 aliphatic heterocycles. The summed E-state index contributed by atoms with van der Waals surface area (Å²) >= 11 is 0. The van der Waals surface area contributed by atoms with Crippen LogP contribution in [0.25, 0.3) is 0 Å². The molecule has 84 valence electrons. The molecule has 0 spiro atoms. The van der Waals surface area contributed by atoms with E-state index in [2.05, 4.69) is 9.84 Å². The van der Waals surface area contributed by atoms with Gasteiger partial charge in [0.1, 0.15) is 11.7 Å². The number of halogens is 1. The summed E-state index contributed by atoms with van der Waals surface area (Å²) in [6, 6.07) is -0.643. The first-order chi connectivity index (χ1) is 6.99. The molecule has 0 amide bonds. The molecule has 1 heterocycles. The van der Waals surface area contributed by atoms with E-state index < -0.39 is 23.7 Å². The third kappa shape index (κ3) is 2.08. The van der Waals surface area contributed by atoms with Gasteiger partial charge >= 0.3 is 5.97 Å². The molecule has 0 aromatic carbocycles. The summed E-state index contributed by atoms with van der Waals surface area (Å²) in [5.41, 5.74) is -0.691. The zero-order valence-corrected chi connectivity index (χ0v) is 8.78. The van der Waals surface area contributed by atoms with E-state index in [1.807, 2.05) is 0 Å². The number of rotatable bonds is 3. The number of aromatic nitrogens is 2. The second kappa shape index (κ2) is 4.29. The molecule has 1 rings (SSSR count). The molecule has 0 saturated heterocycles. The highest BCUT2D eigenvalue weighted by molar-refractivity contribution is 5.88. The number of hydrogen-bond acceptors (Lipinski definition) is 3. The van der Waals surface area contributed by atoms with Crippen LogP contribution in [0.1, 0.15) is 30.2 Å². The van der Waals surface area contributed by atoms with Gasteiger partial charge in [-0.1, -0.05) is 0 Å². The summed E-state index contributed by atoms with van der Waals surface area (Å²) in [7, 11) is 1.18. The molecular weight excluding hydrogens is 203 g/mol. The van der Waals surface area contributed by atoms with Crippen LogP contribution < -0.4 is 5.56 Å². The first-order valence-corrected chi connectivity index (χ1v) is 4.51. The van der Waals surface area contributed by atoms with Crippen LogP contribution in [0.3, 0.4) is 0 Å². The van der Waals surface area contributed by atoms with Gasteiger partial charge < -0.3 is 9.84 Å². The lowest BCUT2D eigenvalue weighted by Gasteiger charge is -2.12. The minimum absolute atomic E-state index is 0.120. The maximum Gasteiger partial charge on any atom is 0.345 e. The van der Waals surface area contributed by atoms with Crippen molar-refractivity contribution < 1.29 is 13.9 Å². The van der Waals surface area contributed by atoms with Gasteiger partial charge in [-0.25, -0.2) is 13.9 Å². The normalized spacial score (nSPS) is 14.7. The molecule has 15 heavy (non-hydrogen) atoms. The van der Waals surface area contributed by atoms with E-state index in [1.165, 1.54) is 20.2 Å². The van der Waals surface area contributed by atoms with Crippen LogP contribution in [0, 0.1) is 0 Å². The largest absolute Gasteiger partial charge is 0.465 e. The van der Waals surface area contributed by atoms with Crippen molar-refractivity contribution in [2.24, 2.45) is 0 Å². The van der Waals surface area contributed by atoms with E-state index in [4.69, 9.17) is 0 Å². The number of carbonyl (C=O) groups is 1. The molecular formula is C9H13FN2O3. The number of methoxy groups -OCH3 is 1. The minimum atomic E-state index is -1.19. The fraction of sp³-hybridized carbons (Fsp3) is 0.556. The maximum absolute atomic E-state index is 13.0. The highest BCUT2D eigenvalue weighted by Gasteiger charge is 2.20. The fourth-order valence-electron chi connectivity index (χ4n) is 1.15. The third-order valence-corrected chi connectivity index (χ3v) is 2.27. The van der Waals surface area contributed by atoms with Crippen LogP contribution in [0.15, 0.2) is 11.0 Å². The number of aromatic amines is 1. The monoisotopic (exact) mass is 216 g/mol. The summed E-state index contributed by atoms with van der Waals surface area (Å²) in [6.07, 6.45) is 0.0272. The van der Waals surface area contributed by atoms with Crippen molar-refractivity contribution in [3.05, 3.63) is 22.1 Å². The van der Waals surface area contributed by atoms with Crippen molar-refractivity contribution in [1.29, 1.82) is 0 Å². The number of hydrogen-bond donors (Lipinski definition) is 1. The number of alkyl halides is 1. The highest BCUT2D eigenvalue weighted by atomic mass is 19.1. The van der Waals surface area contributed by atoms with Crippen LogP contribution >= 0.6 is 0 Å². The van der Waals surface area contributed by atoms with E-state index in [-0.39, 0.29) is 5.56 Å². The number of ether oxygens (including phenoxy) is 1. The van der Waals surface area contributed by atoms with Crippen molar-refractivity contribution in [1.82, 2.24) is 9.78 Å². The Hall–Kier alpha value is -1.59. The molecule has 0 fully saturated rings. The molecule has 0 aliphatic rings. The van der Waals surface area contributed by atoms with E-state index in [9.17, 15) is 14.0 Å². The third-order valence-electron chi connectivity index (χ3n) is 2.27. The molecule has 0 aliphatic carbocycles. The van der Waals surface area contributed by atoms with Gasteiger partial charge in [0, 0.05) is 6.20 Å². The second-order valence-corrected chi connectivity index (χ2v) is 3.27. The zero-order valence-electron chi connectivity index (χ0n) is 8.78. The Morgan fingerprint density at radius 2 is 2.20 bits per heavy atom. The van der Waals surface area contributed by atoms with Crippen molar-refractivity contribution in [2.45, 2.75) is 26.1 Å². The van der Waals surface area contributed by atoms with E-state index in [0.29, 0.717) is 0 Å². The lowest BCUT2D eigenvalue weighted by Crippen LogP contribution is -2.28. The predicted octanol–water partition coefficient (Wildman–Crippen LogP) is 0.882. The Morgan fingerprint density at radius 3 is 2.67 bits per heavy atom. The number of nitrogens with zero attached hydrogens (tertiary/aromatic N) is 1. The Labute approximate surface area is 85.8 Å². The Morgan fingerprint density at radius 1 is 1.60 bits per heavy atom. The van der Waals surface area contributed by atoms with Crippen molar-refractivity contribution in [3.8, 4) is 0 Å². The first-order valence-electron chi connectivity index (χ1n) is 4.51. The lowest BCUT2D eigenvalue weighted by molar-refractivity contribution is 0.0598. The molecule has 1 N–H and O–H groups in total. The molecule has 0 bridgehead atoms. The number of nitrogens with one attached hydrogen (secondary N) is 1. The van der Waals surface area contributed by atoms with E-state index in [0.717, 1.165) is 4.68 Å². The van der Waals surface area contributed by atoms with E-state index >= 15 is 0 Å². The molecule has 2 atom stereocenters. The second-order valence-electron chi connectivity index (χ2n) is 3.27. The molecule has 1 aromatic rings. The minimum Gasteiger partial charge on any atom is -0.465 e. The number of esters is 1. The average Bonchev–Trinajstić information content (AvgIpc) is 2.57. The van der Waals surface area contributed by atoms with E-state index in [1.54, 1.807) is 6.92 Å². The van der Waals surface area contributed by atoms with Gasteiger partial charge in [0.25, 0.3) is 5.56 Å². The number of H-pyrrole nitrogens is 1. The number of carbonyl (C=O) groups excluding carboxylic acids is 1. The van der Waals surface area contributed by atoms with Gasteiger partial charge in [0.05, 0.1) is 13.2 Å². The summed E-state index contributed by atoms with van der Waals surface area (Å²) in [4.78, 5) is 22.7. The molecule has 5 nitrogen and oxygen atoms in total. The summed E-state index contributed by atoms with van der Waals surface area (Å²) < 4.78 is 18.4. The SMILES string of the molecule is COC(=O)c1c[nH]n(C(C)[C@H](C)F)c1=O. The summed E-state index contributed by atoms with van der Waals surface area (Å²) in [6.45, 7) is 2.89. The van der Waals surface area contributed by atoms with Crippen LogP contribution in [0.4, 0.5) is 4.39 Å². The van der Waals surface area contributed by atoms with Gasteiger partial charge in [-0.05, 0) is 13.8 Å². The zero-order chi connectivity index (χ0) is 11.6. The summed E-state index contributed by atoms with van der Waals surface area (Å²) in [5, 5.41) is 2.53. The summed E-state index contributed by atoms with van der Waals surface area (Å²) in [5.74, 6) is -0.728. The smallest absolute Gasteiger partial charge is 0.345 e. The highest BCUT2D eigenvalue weighted by Crippen LogP contribution is 2.10. The lowest BCUT2D eigenvalue weighted by atomic mass is 10.2. The van der Waals surface area contributed by atoms with Crippen LogP contribution in [0.2, 0.25) is 0 Å². The molecule has 1 aromatic heterocycles. The van der Waals surface area contributed by atoms with Gasteiger partial charge in [-0.3, -0.25) is 4.79 Å². The van der Waals surface area contributed by atoms with Gasteiger partial charge in [0.2, 0.25) is 0 Å². The van der Waals surface area contributed by atoms with Crippen LogP contribution in [-0.2, 0) is 4.74 Å². The Balaban J connectivity index is 3.10. The molecule has 0 saturated carbocycles. The van der Waals surface area contributed by atoms with Gasteiger partial charge in [-0.15, -0.1) is 0 Å². The van der Waals surface area contributed by atoms with Crippen molar-refractivity contribution in [3.63, 3.8) is 0 Å². The van der Waals surface area contributed by atoms with Crippen LogP contribution in [-0.4, -0.2) is 29.0 Å². The van der Waals surface area contributed by atoms with Gasteiger partial charge in [-0.2, -0.15) is 0 Å². The average molecular weight is 216 g/mol. The molecule has 1 unspecified atom stereocenters. The fourth-order valence-corrected chi connectivity index (χ4v) is 1.15.